The van der Waals surface area contributed by atoms with Gasteiger partial charge < -0.3 is 5.73 Å². The Morgan fingerprint density at radius 2 is 2.25 bits per heavy atom. The SMILES string of the molecule is CC1CC=Cc2cc(-c3cc(N)cc4cn[nH]c34)sc21. The van der Waals surface area contributed by atoms with Crippen LogP contribution in [0.2, 0.25) is 0 Å². The van der Waals surface area contributed by atoms with Crippen molar-refractivity contribution in [1.29, 1.82) is 0 Å². The molecule has 1 aliphatic rings. The second-order valence-electron chi connectivity index (χ2n) is 5.37. The van der Waals surface area contributed by atoms with Crippen molar-refractivity contribution < 1.29 is 0 Å². The van der Waals surface area contributed by atoms with E-state index >= 15 is 0 Å². The normalized spacial score (nSPS) is 17.6. The van der Waals surface area contributed by atoms with E-state index in [-0.39, 0.29) is 0 Å². The van der Waals surface area contributed by atoms with E-state index in [0.717, 1.165) is 28.6 Å². The zero-order valence-corrected chi connectivity index (χ0v) is 12.0. The lowest BCUT2D eigenvalue weighted by molar-refractivity contribution is 0.790. The van der Waals surface area contributed by atoms with Crippen LogP contribution in [0.5, 0.6) is 0 Å². The predicted molar refractivity (Wildman–Crippen MR) is 85.9 cm³/mol. The highest BCUT2D eigenvalue weighted by Gasteiger charge is 2.18. The number of hydrogen-bond donors (Lipinski definition) is 2. The molecule has 2 heterocycles. The fourth-order valence-electron chi connectivity index (χ4n) is 2.85. The van der Waals surface area contributed by atoms with Crippen LogP contribution in [0.15, 0.2) is 30.5 Å². The maximum atomic E-state index is 6.02. The lowest BCUT2D eigenvalue weighted by Crippen LogP contribution is -1.93. The molecular formula is C16H15N3S. The van der Waals surface area contributed by atoms with Gasteiger partial charge in [0, 0.05) is 26.4 Å². The van der Waals surface area contributed by atoms with Crippen molar-refractivity contribution in [2.24, 2.45) is 0 Å². The van der Waals surface area contributed by atoms with Gasteiger partial charge in [0.05, 0.1) is 11.7 Å². The molecule has 100 valence electrons. The molecule has 0 fully saturated rings. The van der Waals surface area contributed by atoms with Gasteiger partial charge in [-0.1, -0.05) is 19.1 Å². The third kappa shape index (κ3) is 1.68. The van der Waals surface area contributed by atoms with E-state index in [1.54, 1.807) is 0 Å². The zero-order valence-electron chi connectivity index (χ0n) is 11.2. The number of nitrogen functional groups attached to an aromatic ring is 1. The van der Waals surface area contributed by atoms with Gasteiger partial charge in [-0.05, 0) is 36.1 Å². The predicted octanol–water partition coefficient (Wildman–Crippen LogP) is 4.39. The van der Waals surface area contributed by atoms with E-state index in [4.69, 9.17) is 5.73 Å². The van der Waals surface area contributed by atoms with E-state index in [9.17, 15) is 0 Å². The summed E-state index contributed by atoms with van der Waals surface area (Å²) >= 11 is 1.87. The Morgan fingerprint density at radius 3 is 3.10 bits per heavy atom. The van der Waals surface area contributed by atoms with Crippen molar-refractivity contribution in [1.82, 2.24) is 10.2 Å². The summed E-state index contributed by atoms with van der Waals surface area (Å²) in [6, 6.07) is 6.26. The largest absolute Gasteiger partial charge is 0.399 e. The van der Waals surface area contributed by atoms with Gasteiger partial charge in [-0.3, -0.25) is 5.10 Å². The number of aromatic nitrogens is 2. The Balaban J connectivity index is 1.96. The number of H-pyrrole nitrogens is 1. The van der Waals surface area contributed by atoms with Crippen LogP contribution in [-0.2, 0) is 0 Å². The van der Waals surface area contributed by atoms with E-state index < -0.39 is 0 Å². The minimum atomic E-state index is 0.604. The third-order valence-electron chi connectivity index (χ3n) is 3.86. The summed E-state index contributed by atoms with van der Waals surface area (Å²) in [5, 5.41) is 8.29. The molecular weight excluding hydrogens is 266 g/mol. The fourth-order valence-corrected chi connectivity index (χ4v) is 4.08. The highest BCUT2D eigenvalue weighted by molar-refractivity contribution is 7.16. The number of fused-ring (bicyclic) bond motifs is 2. The lowest BCUT2D eigenvalue weighted by atomic mass is 9.96. The number of nitrogens with one attached hydrogen (secondary N) is 1. The van der Waals surface area contributed by atoms with Crippen molar-refractivity contribution in [3.05, 3.63) is 40.9 Å². The molecule has 0 saturated carbocycles. The molecule has 20 heavy (non-hydrogen) atoms. The minimum Gasteiger partial charge on any atom is -0.399 e. The maximum Gasteiger partial charge on any atom is 0.0738 e. The summed E-state index contributed by atoms with van der Waals surface area (Å²) in [7, 11) is 0. The van der Waals surface area contributed by atoms with Crippen molar-refractivity contribution in [3.63, 3.8) is 0 Å². The highest BCUT2D eigenvalue weighted by Crippen LogP contribution is 2.42. The van der Waals surface area contributed by atoms with Gasteiger partial charge in [0.15, 0.2) is 0 Å². The van der Waals surface area contributed by atoms with Gasteiger partial charge in [-0.15, -0.1) is 11.3 Å². The van der Waals surface area contributed by atoms with E-state index in [0.29, 0.717) is 5.92 Å². The van der Waals surface area contributed by atoms with Crippen LogP contribution in [0.4, 0.5) is 5.69 Å². The average Bonchev–Trinajstić information content (AvgIpc) is 3.04. The number of anilines is 1. The number of nitrogens with two attached hydrogens (primary N) is 1. The molecule has 0 spiro atoms. The number of benzene rings is 1. The molecule has 2 aromatic heterocycles. The van der Waals surface area contributed by atoms with Crippen LogP contribution in [0.25, 0.3) is 27.4 Å². The Morgan fingerprint density at radius 1 is 1.35 bits per heavy atom. The summed E-state index contributed by atoms with van der Waals surface area (Å²) < 4.78 is 0. The van der Waals surface area contributed by atoms with Crippen LogP contribution in [-0.4, -0.2) is 10.2 Å². The summed E-state index contributed by atoms with van der Waals surface area (Å²) in [5.41, 5.74) is 10.4. The Bertz CT molecular complexity index is 825. The number of allylic oxidation sites excluding steroid dienone is 1. The molecule has 4 rings (SSSR count). The minimum absolute atomic E-state index is 0.604. The summed E-state index contributed by atoms with van der Waals surface area (Å²) in [6.07, 6.45) is 7.44. The Labute approximate surface area is 121 Å². The summed E-state index contributed by atoms with van der Waals surface area (Å²) in [4.78, 5) is 2.73. The zero-order chi connectivity index (χ0) is 13.7. The van der Waals surface area contributed by atoms with E-state index in [2.05, 4.69) is 35.3 Å². The van der Waals surface area contributed by atoms with Crippen molar-refractivity contribution >= 4 is 34.0 Å². The Kier molecular flexibility index (Phi) is 2.47. The molecule has 3 aromatic rings. The fraction of sp³-hybridized carbons (Fsp3) is 0.188. The van der Waals surface area contributed by atoms with Gasteiger partial charge in [-0.25, -0.2) is 0 Å². The topological polar surface area (TPSA) is 54.7 Å². The van der Waals surface area contributed by atoms with E-state index in [1.165, 1.54) is 15.3 Å². The van der Waals surface area contributed by atoms with Crippen LogP contribution in [0, 0.1) is 0 Å². The average molecular weight is 281 g/mol. The first-order valence-corrected chi connectivity index (χ1v) is 7.57. The number of thiophene rings is 1. The maximum absolute atomic E-state index is 6.02. The molecule has 3 nitrogen and oxygen atoms in total. The Hall–Kier alpha value is -2.07. The molecule has 0 bridgehead atoms. The van der Waals surface area contributed by atoms with Crippen molar-refractivity contribution in [3.8, 4) is 10.4 Å². The van der Waals surface area contributed by atoms with Crippen LogP contribution >= 0.6 is 11.3 Å². The van der Waals surface area contributed by atoms with Crippen molar-refractivity contribution in [2.45, 2.75) is 19.3 Å². The summed E-state index contributed by atoms with van der Waals surface area (Å²) in [6.45, 7) is 2.29. The third-order valence-corrected chi connectivity index (χ3v) is 5.28. The molecule has 0 amide bonds. The molecule has 0 saturated heterocycles. The summed E-state index contributed by atoms with van der Waals surface area (Å²) in [5.74, 6) is 0.604. The van der Waals surface area contributed by atoms with Gasteiger partial charge in [0.2, 0.25) is 0 Å². The molecule has 3 N–H and O–H groups in total. The van der Waals surface area contributed by atoms with Crippen molar-refractivity contribution in [2.75, 3.05) is 5.73 Å². The monoisotopic (exact) mass is 281 g/mol. The second kappa shape index (κ2) is 4.21. The smallest absolute Gasteiger partial charge is 0.0738 e. The first-order chi connectivity index (χ1) is 9.72. The van der Waals surface area contributed by atoms with Gasteiger partial charge in [0.1, 0.15) is 0 Å². The van der Waals surface area contributed by atoms with Crippen LogP contribution in [0.3, 0.4) is 0 Å². The molecule has 0 aliphatic heterocycles. The lowest BCUT2D eigenvalue weighted by Gasteiger charge is -2.11. The molecule has 1 atom stereocenters. The molecule has 1 aromatic carbocycles. The molecule has 0 radical (unpaired) electrons. The highest BCUT2D eigenvalue weighted by atomic mass is 32.1. The number of aromatic amines is 1. The van der Waals surface area contributed by atoms with E-state index in [1.807, 2.05) is 29.7 Å². The van der Waals surface area contributed by atoms with Crippen LogP contribution < -0.4 is 5.73 Å². The van der Waals surface area contributed by atoms with Gasteiger partial charge >= 0.3 is 0 Å². The first kappa shape index (κ1) is 11.7. The number of nitrogens with zero attached hydrogens (tertiary/aromatic N) is 1. The van der Waals surface area contributed by atoms with Gasteiger partial charge in [-0.2, -0.15) is 5.10 Å². The van der Waals surface area contributed by atoms with Gasteiger partial charge in [0.25, 0.3) is 0 Å². The molecule has 4 heteroatoms. The molecule has 1 aliphatic carbocycles. The first-order valence-electron chi connectivity index (χ1n) is 6.75. The second-order valence-corrected chi connectivity index (χ2v) is 6.46. The standard InChI is InChI=1S/C16H15N3S/c1-9-3-2-4-10-6-14(20-16(9)10)13-7-12(17)5-11-8-18-19-15(11)13/h2,4-9H,3,17H2,1H3,(H,18,19). The quantitative estimate of drug-likeness (QED) is 0.650. The van der Waals surface area contributed by atoms with Crippen LogP contribution in [0.1, 0.15) is 29.7 Å². The number of hydrogen-bond acceptors (Lipinski definition) is 3. The number of rotatable bonds is 1. The molecule has 1 unspecified atom stereocenters.